The van der Waals surface area contributed by atoms with Crippen LogP contribution in [0.5, 0.6) is 0 Å². The zero-order valence-corrected chi connectivity index (χ0v) is 15.3. The van der Waals surface area contributed by atoms with E-state index in [-0.39, 0.29) is 6.61 Å². The first-order valence-electron chi connectivity index (χ1n) is 9.24. The van der Waals surface area contributed by atoms with Crippen molar-refractivity contribution in [3.63, 3.8) is 0 Å². The maximum atomic E-state index is 12.1. The van der Waals surface area contributed by atoms with E-state index in [9.17, 15) is 9.59 Å². The van der Waals surface area contributed by atoms with E-state index in [1.807, 2.05) is 0 Å². The zero-order chi connectivity index (χ0) is 18.3. The van der Waals surface area contributed by atoms with Gasteiger partial charge in [0.1, 0.15) is 6.61 Å². The largest absolute Gasteiger partial charge is 0.462 e. The first-order chi connectivity index (χ1) is 12.2. The number of ether oxygens (including phenoxy) is 2. The van der Waals surface area contributed by atoms with E-state index in [0.29, 0.717) is 17.7 Å². The molecule has 0 radical (unpaired) electrons. The van der Waals surface area contributed by atoms with Gasteiger partial charge in [-0.2, -0.15) is 0 Å². The molecule has 0 unspecified atom stereocenters. The van der Waals surface area contributed by atoms with Crippen LogP contribution in [0.2, 0.25) is 0 Å². The van der Waals surface area contributed by atoms with Crippen LogP contribution in [-0.2, 0) is 9.47 Å². The molecule has 0 aromatic heterocycles. The fourth-order valence-corrected chi connectivity index (χ4v) is 2.48. The van der Waals surface area contributed by atoms with Gasteiger partial charge >= 0.3 is 11.9 Å². The van der Waals surface area contributed by atoms with Gasteiger partial charge in [0.25, 0.3) is 0 Å². The topological polar surface area (TPSA) is 52.6 Å². The van der Waals surface area contributed by atoms with Gasteiger partial charge in [-0.3, -0.25) is 0 Å². The van der Waals surface area contributed by atoms with Crippen molar-refractivity contribution in [2.45, 2.75) is 58.3 Å². The highest BCUT2D eigenvalue weighted by Crippen LogP contribution is 2.11. The van der Waals surface area contributed by atoms with Crippen LogP contribution in [0, 0.1) is 0 Å². The Morgan fingerprint density at radius 2 is 1.48 bits per heavy atom. The number of rotatable bonds is 13. The molecular weight excluding hydrogens is 316 g/mol. The highest BCUT2D eigenvalue weighted by Gasteiger charge is 2.12. The first kappa shape index (κ1) is 20.9. The van der Waals surface area contributed by atoms with Gasteiger partial charge in [-0.05, 0) is 24.6 Å². The highest BCUT2D eigenvalue weighted by molar-refractivity contribution is 5.95. The Morgan fingerprint density at radius 3 is 2.08 bits per heavy atom. The number of carbonyl (C=O) groups excluding carboxylic acids is 2. The number of esters is 2. The van der Waals surface area contributed by atoms with Gasteiger partial charge in [0, 0.05) is 0 Å². The van der Waals surface area contributed by atoms with Crippen LogP contribution < -0.4 is 0 Å². The standard InChI is InChI=1S/C21H30O4/c1-3-5-6-7-8-9-10-11-16-25-21(23)19-14-12-13-18(17-19)20(22)24-15-4-2/h4,12-14,17H,2-3,5-11,15-16H2,1H3. The predicted octanol–water partition coefficient (Wildman–Crippen LogP) is 5.33. The van der Waals surface area contributed by atoms with Crippen LogP contribution in [0.1, 0.15) is 79.0 Å². The van der Waals surface area contributed by atoms with E-state index in [1.165, 1.54) is 50.7 Å². The Kier molecular flexibility index (Phi) is 11.1. The van der Waals surface area contributed by atoms with Crippen molar-refractivity contribution < 1.29 is 19.1 Å². The molecule has 0 fully saturated rings. The molecule has 0 bridgehead atoms. The quantitative estimate of drug-likeness (QED) is 0.275. The third-order valence-electron chi connectivity index (χ3n) is 3.90. The molecule has 0 N–H and O–H groups in total. The van der Waals surface area contributed by atoms with Crippen LogP contribution in [-0.4, -0.2) is 25.2 Å². The lowest BCUT2D eigenvalue weighted by molar-refractivity contribution is 0.0497. The molecule has 1 aromatic rings. The smallest absolute Gasteiger partial charge is 0.338 e. The Hall–Kier alpha value is -2.10. The summed E-state index contributed by atoms with van der Waals surface area (Å²) in [5.41, 5.74) is 0.705. The van der Waals surface area contributed by atoms with E-state index in [4.69, 9.17) is 9.47 Å². The minimum Gasteiger partial charge on any atom is -0.462 e. The second-order valence-corrected chi connectivity index (χ2v) is 6.08. The van der Waals surface area contributed by atoms with Gasteiger partial charge in [-0.25, -0.2) is 9.59 Å². The molecule has 0 atom stereocenters. The SMILES string of the molecule is C=CCOC(=O)c1cccc(C(=O)OCCCCCCCCCC)c1. The van der Waals surface area contributed by atoms with Crippen molar-refractivity contribution in [1.82, 2.24) is 0 Å². The minimum absolute atomic E-state index is 0.145. The van der Waals surface area contributed by atoms with E-state index in [2.05, 4.69) is 13.5 Å². The van der Waals surface area contributed by atoms with Gasteiger partial charge in [0.15, 0.2) is 0 Å². The van der Waals surface area contributed by atoms with E-state index in [1.54, 1.807) is 18.2 Å². The molecule has 4 nitrogen and oxygen atoms in total. The van der Waals surface area contributed by atoms with E-state index < -0.39 is 11.9 Å². The Labute approximate surface area is 151 Å². The highest BCUT2D eigenvalue weighted by atomic mass is 16.5. The van der Waals surface area contributed by atoms with Crippen LogP contribution in [0.3, 0.4) is 0 Å². The molecule has 0 aliphatic heterocycles. The molecule has 0 amide bonds. The summed E-state index contributed by atoms with van der Waals surface area (Å²) in [5, 5.41) is 0. The third kappa shape index (κ3) is 9.08. The summed E-state index contributed by atoms with van der Waals surface area (Å²) in [6.45, 7) is 6.27. The summed E-state index contributed by atoms with van der Waals surface area (Å²) in [4.78, 5) is 23.8. The second-order valence-electron chi connectivity index (χ2n) is 6.08. The number of hydrogen-bond donors (Lipinski definition) is 0. The van der Waals surface area contributed by atoms with Crippen LogP contribution >= 0.6 is 0 Å². The Balaban J connectivity index is 2.26. The zero-order valence-electron chi connectivity index (χ0n) is 15.3. The third-order valence-corrected chi connectivity index (χ3v) is 3.90. The number of benzene rings is 1. The monoisotopic (exact) mass is 346 g/mol. The van der Waals surface area contributed by atoms with Gasteiger partial charge in [-0.1, -0.05) is 70.6 Å². The Morgan fingerprint density at radius 1 is 0.920 bits per heavy atom. The van der Waals surface area contributed by atoms with Gasteiger partial charge in [0.2, 0.25) is 0 Å². The van der Waals surface area contributed by atoms with Crippen LogP contribution in [0.15, 0.2) is 36.9 Å². The molecule has 4 heteroatoms. The summed E-state index contributed by atoms with van der Waals surface area (Å²) in [6, 6.07) is 6.40. The normalized spacial score (nSPS) is 10.3. The molecule has 0 heterocycles. The average molecular weight is 346 g/mol. The molecule has 25 heavy (non-hydrogen) atoms. The molecule has 0 aliphatic rings. The summed E-state index contributed by atoms with van der Waals surface area (Å²) in [6.07, 6.45) is 11.1. The molecule has 0 aliphatic carbocycles. The second kappa shape index (κ2) is 13.2. The number of unbranched alkanes of at least 4 members (excludes halogenated alkanes) is 7. The average Bonchev–Trinajstić information content (AvgIpc) is 2.64. The summed E-state index contributed by atoms with van der Waals surface area (Å²) in [7, 11) is 0. The van der Waals surface area contributed by atoms with Gasteiger partial charge < -0.3 is 9.47 Å². The van der Waals surface area contributed by atoms with E-state index >= 15 is 0 Å². The molecule has 0 saturated heterocycles. The molecule has 0 spiro atoms. The number of hydrogen-bond acceptors (Lipinski definition) is 4. The maximum absolute atomic E-state index is 12.1. The molecule has 1 aromatic carbocycles. The van der Waals surface area contributed by atoms with Gasteiger partial charge in [-0.15, -0.1) is 0 Å². The van der Waals surface area contributed by atoms with Crippen molar-refractivity contribution in [2.24, 2.45) is 0 Å². The maximum Gasteiger partial charge on any atom is 0.338 e. The Bertz CT molecular complexity index is 536. The molecule has 1 rings (SSSR count). The first-order valence-corrected chi connectivity index (χ1v) is 9.24. The summed E-state index contributed by atoms with van der Waals surface area (Å²) in [5.74, 6) is -0.876. The van der Waals surface area contributed by atoms with Crippen LogP contribution in [0.25, 0.3) is 0 Å². The van der Waals surface area contributed by atoms with E-state index in [0.717, 1.165) is 12.8 Å². The summed E-state index contributed by atoms with van der Waals surface area (Å²) < 4.78 is 10.2. The summed E-state index contributed by atoms with van der Waals surface area (Å²) >= 11 is 0. The van der Waals surface area contributed by atoms with Crippen LogP contribution in [0.4, 0.5) is 0 Å². The van der Waals surface area contributed by atoms with Crippen molar-refractivity contribution >= 4 is 11.9 Å². The molecule has 138 valence electrons. The molecule has 0 saturated carbocycles. The minimum atomic E-state index is -0.474. The number of carbonyl (C=O) groups is 2. The van der Waals surface area contributed by atoms with Gasteiger partial charge in [0.05, 0.1) is 17.7 Å². The lowest BCUT2D eigenvalue weighted by Gasteiger charge is -2.07. The fourth-order valence-electron chi connectivity index (χ4n) is 2.48. The van der Waals surface area contributed by atoms with Crippen molar-refractivity contribution in [2.75, 3.05) is 13.2 Å². The lowest BCUT2D eigenvalue weighted by atomic mass is 10.1. The van der Waals surface area contributed by atoms with Crippen molar-refractivity contribution in [3.8, 4) is 0 Å². The molecular formula is C21H30O4. The van der Waals surface area contributed by atoms with Crippen molar-refractivity contribution in [3.05, 3.63) is 48.0 Å². The fraction of sp³-hybridized carbons (Fsp3) is 0.524. The predicted molar refractivity (Wildman–Crippen MR) is 99.8 cm³/mol. The van der Waals surface area contributed by atoms with Crippen molar-refractivity contribution in [1.29, 1.82) is 0 Å². The lowest BCUT2D eigenvalue weighted by Crippen LogP contribution is -2.09.